The van der Waals surface area contributed by atoms with Gasteiger partial charge in [0.05, 0.1) is 18.7 Å². The van der Waals surface area contributed by atoms with Gasteiger partial charge in [-0.15, -0.1) is 0 Å². The second-order valence-corrected chi connectivity index (χ2v) is 5.65. The Hall–Kier alpha value is -3.04. The maximum atomic E-state index is 13.1. The number of aromatic nitrogens is 2. The molecular formula is C16H12F4N4O2. The van der Waals surface area contributed by atoms with Crippen LogP contribution in [0.3, 0.4) is 0 Å². The van der Waals surface area contributed by atoms with Crippen LogP contribution in [-0.2, 0) is 6.18 Å². The molecule has 1 aliphatic heterocycles. The Bertz CT molecular complexity index is 836. The predicted octanol–water partition coefficient (Wildman–Crippen LogP) is 2.54. The third-order valence-electron chi connectivity index (χ3n) is 3.70. The number of hydrogen-bond donors (Lipinski definition) is 1. The van der Waals surface area contributed by atoms with E-state index in [9.17, 15) is 27.2 Å². The summed E-state index contributed by atoms with van der Waals surface area (Å²) in [6.07, 6.45) is -3.47. The van der Waals surface area contributed by atoms with Crippen LogP contribution >= 0.6 is 0 Å². The lowest BCUT2D eigenvalue weighted by molar-refractivity contribution is -0.137. The van der Waals surface area contributed by atoms with Crippen molar-refractivity contribution in [2.75, 3.05) is 18.4 Å². The summed E-state index contributed by atoms with van der Waals surface area (Å²) >= 11 is 0. The molecule has 1 saturated heterocycles. The molecule has 1 aliphatic rings. The molecule has 0 aliphatic carbocycles. The van der Waals surface area contributed by atoms with Gasteiger partial charge in [0.1, 0.15) is 18.2 Å². The minimum atomic E-state index is -4.72. The van der Waals surface area contributed by atoms with Crippen LogP contribution in [0.4, 0.5) is 23.2 Å². The average molecular weight is 368 g/mol. The lowest BCUT2D eigenvalue weighted by Crippen LogP contribution is -2.51. The predicted molar refractivity (Wildman–Crippen MR) is 82.2 cm³/mol. The summed E-state index contributed by atoms with van der Waals surface area (Å²) in [5.41, 5.74) is -1.65. The molecule has 0 bridgehead atoms. The molecule has 136 valence electrons. The minimum Gasteiger partial charge on any atom is -0.333 e. The van der Waals surface area contributed by atoms with Crippen molar-refractivity contribution in [3.8, 4) is 0 Å². The number of carbonyl (C=O) groups excluding carboxylic acids is 2. The normalized spacial score (nSPS) is 14.7. The number of halogens is 4. The van der Waals surface area contributed by atoms with Crippen molar-refractivity contribution in [3.63, 3.8) is 0 Å². The molecule has 1 aromatic carbocycles. The summed E-state index contributed by atoms with van der Waals surface area (Å²) in [5.74, 6) is -1.49. The van der Waals surface area contributed by atoms with Crippen molar-refractivity contribution in [3.05, 3.63) is 53.6 Å². The highest BCUT2D eigenvalue weighted by molar-refractivity contribution is 6.04. The SMILES string of the molecule is O=C(Nc1cc(C(=O)N2CC(F)C2)cc(C(F)(F)F)c1)c1ccncn1. The Balaban J connectivity index is 1.90. The van der Waals surface area contributed by atoms with Crippen LogP contribution in [0.25, 0.3) is 0 Å². The highest BCUT2D eigenvalue weighted by atomic mass is 19.4. The number of nitrogens with one attached hydrogen (secondary N) is 1. The lowest BCUT2D eigenvalue weighted by atomic mass is 10.0. The number of carbonyl (C=O) groups is 2. The second kappa shape index (κ2) is 6.70. The van der Waals surface area contributed by atoms with Gasteiger partial charge >= 0.3 is 6.18 Å². The van der Waals surface area contributed by atoms with Gasteiger partial charge in [-0.1, -0.05) is 0 Å². The molecular weight excluding hydrogens is 356 g/mol. The van der Waals surface area contributed by atoms with Gasteiger partial charge in [-0.05, 0) is 24.3 Å². The highest BCUT2D eigenvalue weighted by Crippen LogP contribution is 2.33. The van der Waals surface area contributed by atoms with Crippen LogP contribution in [0.15, 0.2) is 36.8 Å². The Morgan fingerprint density at radius 1 is 1.19 bits per heavy atom. The number of hydrogen-bond acceptors (Lipinski definition) is 4. The van der Waals surface area contributed by atoms with Gasteiger partial charge in [-0.25, -0.2) is 14.4 Å². The first kappa shape index (κ1) is 17.8. The van der Waals surface area contributed by atoms with E-state index in [1.807, 2.05) is 0 Å². The van der Waals surface area contributed by atoms with E-state index < -0.39 is 29.7 Å². The van der Waals surface area contributed by atoms with Gasteiger partial charge in [-0.3, -0.25) is 9.59 Å². The Kier molecular flexibility index (Phi) is 4.58. The van der Waals surface area contributed by atoms with E-state index in [0.29, 0.717) is 12.1 Å². The molecule has 0 unspecified atom stereocenters. The molecule has 0 spiro atoms. The highest BCUT2D eigenvalue weighted by Gasteiger charge is 2.35. The van der Waals surface area contributed by atoms with Crippen LogP contribution in [0.2, 0.25) is 0 Å². The van der Waals surface area contributed by atoms with Crippen LogP contribution in [0.5, 0.6) is 0 Å². The first-order valence-electron chi connectivity index (χ1n) is 7.47. The minimum absolute atomic E-state index is 0.0479. The fraction of sp³-hybridized carbons (Fsp3) is 0.250. The third kappa shape index (κ3) is 3.79. The lowest BCUT2D eigenvalue weighted by Gasteiger charge is -2.34. The quantitative estimate of drug-likeness (QED) is 0.845. The van der Waals surface area contributed by atoms with Crippen LogP contribution in [-0.4, -0.2) is 45.9 Å². The first-order valence-corrected chi connectivity index (χ1v) is 7.47. The van der Waals surface area contributed by atoms with E-state index in [0.717, 1.165) is 17.3 Å². The zero-order chi connectivity index (χ0) is 18.9. The number of benzene rings is 1. The standard InChI is InChI=1S/C16H12F4N4O2/c17-11-6-24(7-11)15(26)9-3-10(16(18,19)20)5-12(4-9)23-14(25)13-1-2-21-8-22-13/h1-5,8,11H,6-7H2,(H,23,25). The summed E-state index contributed by atoms with van der Waals surface area (Å²) in [6, 6.07) is 3.79. The van der Waals surface area contributed by atoms with Gasteiger partial charge < -0.3 is 10.2 Å². The van der Waals surface area contributed by atoms with Crippen molar-refractivity contribution >= 4 is 17.5 Å². The summed E-state index contributed by atoms with van der Waals surface area (Å²) in [7, 11) is 0. The molecule has 1 fully saturated rings. The monoisotopic (exact) mass is 368 g/mol. The molecule has 0 atom stereocenters. The molecule has 1 N–H and O–H groups in total. The van der Waals surface area contributed by atoms with Crippen molar-refractivity contribution < 1.29 is 27.2 Å². The zero-order valence-electron chi connectivity index (χ0n) is 13.1. The van der Waals surface area contributed by atoms with Crippen LogP contribution in [0.1, 0.15) is 26.4 Å². The van der Waals surface area contributed by atoms with Crippen molar-refractivity contribution in [2.45, 2.75) is 12.3 Å². The molecule has 1 aromatic heterocycles. The molecule has 2 amide bonds. The summed E-state index contributed by atoms with van der Waals surface area (Å²) < 4.78 is 52.2. The molecule has 2 aromatic rings. The number of likely N-dealkylation sites (tertiary alicyclic amines) is 1. The smallest absolute Gasteiger partial charge is 0.333 e. The first-order chi connectivity index (χ1) is 12.2. The molecule has 2 heterocycles. The van der Waals surface area contributed by atoms with Gasteiger partial charge in [0, 0.05) is 17.4 Å². The number of nitrogens with zero attached hydrogens (tertiary/aromatic N) is 3. The Morgan fingerprint density at radius 3 is 2.50 bits per heavy atom. The second-order valence-electron chi connectivity index (χ2n) is 5.65. The van der Waals surface area contributed by atoms with Crippen molar-refractivity contribution in [1.82, 2.24) is 14.9 Å². The fourth-order valence-corrected chi connectivity index (χ4v) is 2.38. The van der Waals surface area contributed by atoms with Gasteiger partial charge in [0.15, 0.2) is 0 Å². The molecule has 0 saturated carbocycles. The third-order valence-corrected chi connectivity index (χ3v) is 3.70. The average Bonchev–Trinajstić information content (AvgIpc) is 2.58. The summed E-state index contributed by atoms with van der Waals surface area (Å²) in [4.78, 5) is 32.7. The van der Waals surface area contributed by atoms with Crippen molar-refractivity contribution in [2.24, 2.45) is 0 Å². The molecule has 3 rings (SSSR count). The van der Waals surface area contributed by atoms with Crippen molar-refractivity contribution in [1.29, 1.82) is 0 Å². The molecule has 6 nitrogen and oxygen atoms in total. The summed E-state index contributed by atoms with van der Waals surface area (Å²) in [5, 5.41) is 2.28. The Morgan fingerprint density at radius 2 is 1.92 bits per heavy atom. The van der Waals surface area contributed by atoms with Crippen LogP contribution in [0, 0.1) is 0 Å². The van der Waals surface area contributed by atoms with E-state index >= 15 is 0 Å². The van der Waals surface area contributed by atoms with Gasteiger partial charge in [0.25, 0.3) is 11.8 Å². The van der Waals surface area contributed by atoms with E-state index in [1.54, 1.807) is 0 Å². The van der Waals surface area contributed by atoms with E-state index in [1.165, 1.54) is 12.3 Å². The molecule has 0 radical (unpaired) electrons. The number of amides is 2. The number of alkyl halides is 4. The van der Waals surface area contributed by atoms with E-state index in [-0.39, 0.29) is 30.0 Å². The number of rotatable bonds is 3. The van der Waals surface area contributed by atoms with Gasteiger partial charge in [-0.2, -0.15) is 13.2 Å². The largest absolute Gasteiger partial charge is 0.416 e. The molecule has 26 heavy (non-hydrogen) atoms. The zero-order valence-corrected chi connectivity index (χ0v) is 13.1. The molecule has 10 heteroatoms. The fourth-order valence-electron chi connectivity index (χ4n) is 2.38. The summed E-state index contributed by atoms with van der Waals surface area (Å²) in [6.45, 7) is -0.338. The number of anilines is 1. The maximum absolute atomic E-state index is 13.1. The van der Waals surface area contributed by atoms with Gasteiger partial charge in [0.2, 0.25) is 0 Å². The maximum Gasteiger partial charge on any atom is 0.416 e. The van der Waals surface area contributed by atoms with Crippen LogP contribution < -0.4 is 5.32 Å². The van der Waals surface area contributed by atoms with E-state index in [4.69, 9.17) is 0 Å². The topological polar surface area (TPSA) is 75.2 Å². The van der Waals surface area contributed by atoms with E-state index in [2.05, 4.69) is 15.3 Å². The Labute approximate surface area is 144 Å².